The Labute approximate surface area is 163 Å². The molecule has 1 unspecified atom stereocenters. The minimum Gasteiger partial charge on any atom is -0.385 e. The fourth-order valence-electron chi connectivity index (χ4n) is 2.86. The number of nitrogens with zero attached hydrogens (tertiary/aromatic N) is 3. The molecular weight excluding hydrogens is 360 g/mol. The molecule has 0 aliphatic heterocycles. The molecule has 1 amide bonds. The topological polar surface area (TPSA) is 69.0 Å². The smallest absolute Gasteiger partial charge is 0.230 e. The summed E-state index contributed by atoms with van der Waals surface area (Å²) in [6, 6.07) is 14.4. The first kappa shape index (κ1) is 19.4. The molecule has 0 saturated heterocycles. The summed E-state index contributed by atoms with van der Waals surface area (Å²) in [4.78, 5) is 12.3. The Morgan fingerprint density at radius 3 is 2.89 bits per heavy atom. The van der Waals surface area contributed by atoms with Crippen molar-refractivity contribution in [3.05, 3.63) is 54.4 Å². The second-order valence-electron chi connectivity index (χ2n) is 6.34. The zero-order valence-corrected chi connectivity index (χ0v) is 16.4. The highest BCUT2D eigenvalue weighted by Gasteiger charge is 2.12. The van der Waals surface area contributed by atoms with Crippen molar-refractivity contribution in [2.75, 3.05) is 19.5 Å². The number of aromatic nitrogens is 3. The highest BCUT2D eigenvalue weighted by atomic mass is 32.2. The SMILES string of the molecule is COCCCn1cnnc1SCC(=O)NC(C)c1ccc2ccccc2c1. The number of benzene rings is 2. The van der Waals surface area contributed by atoms with E-state index < -0.39 is 0 Å². The van der Waals surface area contributed by atoms with Gasteiger partial charge in [-0.05, 0) is 35.7 Å². The Morgan fingerprint density at radius 2 is 2.07 bits per heavy atom. The third kappa shape index (κ3) is 5.30. The molecule has 2 aromatic carbocycles. The molecular formula is C20H24N4O2S. The molecule has 0 spiro atoms. The fraction of sp³-hybridized carbons (Fsp3) is 0.350. The summed E-state index contributed by atoms with van der Waals surface area (Å²) in [5.74, 6) is 0.285. The van der Waals surface area contributed by atoms with Crippen LogP contribution in [0.15, 0.2) is 53.9 Å². The lowest BCUT2D eigenvalue weighted by molar-refractivity contribution is -0.119. The van der Waals surface area contributed by atoms with Gasteiger partial charge >= 0.3 is 0 Å². The van der Waals surface area contributed by atoms with Crippen LogP contribution < -0.4 is 5.32 Å². The van der Waals surface area contributed by atoms with Gasteiger partial charge in [-0.15, -0.1) is 10.2 Å². The number of methoxy groups -OCH3 is 1. The van der Waals surface area contributed by atoms with Crippen LogP contribution in [-0.2, 0) is 16.1 Å². The molecule has 0 fully saturated rings. The molecule has 142 valence electrons. The van der Waals surface area contributed by atoms with Gasteiger partial charge in [0.05, 0.1) is 11.8 Å². The van der Waals surface area contributed by atoms with Crippen LogP contribution >= 0.6 is 11.8 Å². The molecule has 0 aliphatic carbocycles. The van der Waals surface area contributed by atoms with Crippen LogP contribution in [0.25, 0.3) is 10.8 Å². The van der Waals surface area contributed by atoms with Crippen LogP contribution in [-0.4, -0.2) is 40.1 Å². The first-order valence-corrected chi connectivity index (χ1v) is 9.93. The van der Waals surface area contributed by atoms with Crippen molar-refractivity contribution in [1.29, 1.82) is 0 Å². The van der Waals surface area contributed by atoms with Gasteiger partial charge in [-0.1, -0.05) is 48.2 Å². The normalized spacial score (nSPS) is 12.2. The standard InChI is InChI=1S/C20H24N4O2S/c1-15(17-9-8-16-6-3-4-7-18(16)12-17)22-19(25)13-27-20-23-21-14-24(20)10-5-11-26-2/h3-4,6-9,12,14-15H,5,10-11,13H2,1-2H3,(H,22,25). The van der Waals surface area contributed by atoms with Gasteiger partial charge in [0.15, 0.2) is 5.16 Å². The van der Waals surface area contributed by atoms with E-state index in [9.17, 15) is 4.79 Å². The van der Waals surface area contributed by atoms with Gasteiger partial charge in [-0.2, -0.15) is 0 Å². The van der Waals surface area contributed by atoms with Gasteiger partial charge in [0.25, 0.3) is 0 Å². The van der Waals surface area contributed by atoms with E-state index in [1.54, 1.807) is 13.4 Å². The molecule has 1 aromatic heterocycles. The average molecular weight is 385 g/mol. The fourth-order valence-corrected chi connectivity index (χ4v) is 3.62. The van der Waals surface area contributed by atoms with E-state index in [0.29, 0.717) is 12.4 Å². The summed E-state index contributed by atoms with van der Waals surface area (Å²) in [6.45, 7) is 3.46. The first-order valence-electron chi connectivity index (χ1n) is 8.95. The number of thioether (sulfide) groups is 1. The highest BCUT2D eigenvalue weighted by molar-refractivity contribution is 7.99. The van der Waals surface area contributed by atoms with Gasteiger partial charge in [-0.3, -0.25) is 4.79 Å². The number of carbonyl (C=O) groups excluding carboxylic acids is 1. The number of hydrogen-bond acceptors (Lipinski definition) is 5. The monoisotopic (exact) mass is 384 g/mol. The van der Waals surface area contributed by atoms with E-state index in [1.807, 2.05) is 23.6 Å². The van der Waals surface area contributed by atoms with Gasteiger partial charge in [0.2, 0.25) is 5.91 Å². The molecule has 0 aliphatic rings. The van der Waals surface area contributed by atoms with Crippen molar-refractivity contribution in [2.45, 2.75) is 31.1 Å². The van der Waals surface area contributed by atoms with E-state index >= 15 is 0 Å². The van der Waals surface area contributed by atoms with E-state index in [4.69, 9.17) is 4.74 Å². The van der Waals surface area contributed by atoms with Crippen molar-refractivity contribution in [1.82, 2.24) is 20.1 Å². The second-order valence-corrected chi connectivity index (χ2v) is 7.28. The number of amides is 1. The molecule has 0 radical (unpaired) electrons. The summed E-state index contributed by atoms with van der Waals surface area (Å²) >= 11 is 1.40. The number of fused-ring (bicyclic) bond motifs is 1. The number of aryl methyl sites for hydroxylation is 1. The number of nitrogens with one attached hydrogen (secondary N) is 1. The maximum absolute atomic E-state index is 12.3. The molecule has 1 atom stereocenters. The minimum atomic E-state index is -0.0534. The third-order valence-corrected chi connectivity index (χ3v) is 5.29. The minimum absolute atomic E-state index is 0.0212. The van der Waals surface area contributed by atoms with Crippen LogP contribution in [0.3, 0.4) is 0 Å². The molecule has 1 N–H and O–H groups in total. The number of ether oxygens (including phenoxy) is 1. The van der Waals surface area contributed by atoms with E-state index in [2.05, 4.69) is 45.8 Å². The third-order valence-electron chi connectivity index (χ3n) is 4.31. The summed E-state index contributed by atoms with van der Waals surface area (Å²) in [5.41, 5.74) is 1.09. The van der Waals surface area contributed by atoms with Crippen LogP contribution in [0.5, 0.6) is 0 Å². The number of rotatable bonds is 9. The van der Waals surface area contributed by atoms with Crippen molar-refractivity contribution >= 4 is 28.4 Å². The van der Waals surface area contributed by atoms with Crippen molar-refractivity contribution in [2.24, 2.45) is 0 Å². The number of carbonyl (C=O) groups is 1. The molecule has 6 nitrogen and oxygen atoms in total. The Bertz CT molecular complexity index is 896. The van der Waals surface area contributed by atoms with Gasteiger partial charge in [-0.25, -0.2) is 0 Å². The maximum atomic E-state index is 12.3. The molecule has 1 heterocycles. The molecule has 3 rings (SSSR count). The first-order chi connectivity index (χ1) is 13.2. The average Bonchev–Trinajstić information content (AvgIpc) is 3.13. The highest BCUT2D eigenvalue weighted by Crippen LogP contribution is 2.21. The van der Waals surface area contributed by atoms with Crippen LogP contribution in [0, 0.1) is 0 Å². The molecule has 0 bridgehead atoms. The van der Waals surface area contributed by atoms with Gasteiger partial charge in [0.1, 0.15) is 6.33 Å². The maximum Gasteiger partial charge on any atom is 0.230 e. The molecule has 27 heavy (non-hydrogen) atoms. The Hall–Kier alpha value is -2.38. The zero-order chi connectivity index (χ0) is 19.1. The molecule has 0 saturated carbocycles. The van der Waals surface area contributed by atoms with E-state index in [1.165, 1.54) is 22.5 Å². The quantitative estimate of drug-likeness (QED) is 0.452. The van der Waals surface area contributed by atoms with Gasteiger partial charge in [0, 0.05) is 20.3 Å². The summed E-state index contributed by atoms with van der Waals surface area (Å²) in [7, 11) is 1.68. The summed E-state index contributed by atoms with van der Waals surface area (Å²) in [5, 5.41) is 14.2. The molecule has 7 heteroatoms. The summed E-state index contributed by atoms with van der Waals surface area (Å²) < 4.78 is 7.01. The lowest BCUT2D eigenvalue weighted by atomic mass is 10.0. The zero-order valence-electron chi connectivity index (χ0n) is 15.6. The molecule has 3 aromatic rings. The van der Waals surface area contributed by atoms with Crippen molar-refractivity contribution in [3.8, 4) is 0 Å². The Kier molecular flexibility index (Phi) is 6.84. The largest absolute Gasteiger partial charge is 0.385 e. The van der Waals surface area contributed by atoms with E-state index in [0.717, 1.165) is 23.7 Å². The summed E-state index contributed by atoms with van der Waals surface area (Å²) in [6.07, 6.45) is 2.57. The predicted octanol–water partition coefficient (Wildman–Crippen LogP) is 3.44. The van der Waals surface area contributed by atoms with Crippen molar-refractivity contribution < 1.29 is 9.53 Å². The lowest BCUT2D eigenvalue weighted by Crippen LogP contribution is -2.28. The van der Waals surface area contributed by atoms with Gasteiger partial charge < -0.3 is 14.6 Å². The lowest BCUT2D eigenvalue weighted by Gasteiger charge is -2.15. The number of hydrogen-bond donors (Lipinski definition) is 1. The predicted molar refractivity (Wildman–Crippen MR) is 108 cm³/mol. The van der Waals surface area contributed by atoms with E-state index in [-0.39, 0.29) is 11.9 Å². The second kappa shape index (κ2) is 9.53. The van der Waals surface area contributed by atoms with Crippen LogP contribution in [0.1, 0.15) is 24.9 Å². The van der Waals surface area contributed by atoms with Crippen LogP contribution in [0.4, 0.5) is 0 Å². The Morgan fingerprint density at radius 1 is 1.26 bits per heavy atom. The van der Waals surface area contributed by atoms with Crippen LogP contribution in [0.2, 0.25) is 0 Å². The van der Waals surface area contributed by atoms with Crippen molar-refractivity contribution in [3.63, 3.8) is 0 Å². The Balaban J connectivity index is 1.53.